The Hall–Kier alpha value is -3.47. The molecule has 2 N–H and O–H groups in total. The van der Waals surface area contributed by atoms with Gasteiger partial charge in [0, 0.05) is 25.1 Å². The monoisotopic (exact) mass is 433 g/mol. The predicted molar refractivity (Wildman–Crippen MR) is 122 cm³/mol. The van der Waals surface area contributed by atoms with E-state index in [-0.39, 0.29) is 23.1 Å². The Balaban J connectivity index is 1.83. The van der Waals surface area contributed by atoms with Gasteiger partial charge in [0.15, 0.2) is 11.5 Å². The number of sulfonamides is 1. The second-order valence-corrected chi connectivity index (χ2v) is 9.23. The first-order valence-electron chi connectivity index (χ1n) is 9.66. The van der Waals surface area contributed by atoms with Crippen molar-refractivity contribution in [1.29, 1.82) is 0 Å². The van der Waals surface area contributed by atoms with Crippen molar-refractivity contribution in [3.8, 4) is 0 Å². The van der Waals surface area contributed by atoms with Crippen LogP contribution in [0.2, 0.25) is 0 Å². The van der Waals surface area contributed by atoms with Gasteiger partial charge in [-0.25, -0.2) is 13.3 Å². The van der Waals surface area contributed by atoms with Crippen molar-refractivity contribution in [2.75, 3.05) is 11.4 Å². The Kier molecular flexibility index (Phi) is 6.54. The highest BCUT2D eigenvalue weighted by Gasteiger charge is 2.22. The molecule has 0 aliphatic heterocycles. The number of hydrogen-bond acceptors (Lipinski definition) is 4. The van der Waals surface area contributed by atoms with E-state index in [4.69, 9.17) is 12.3 Å². The largest absolute Gasteiger partial charge is 0.324 e. The van der Waals surface area contributed by atoms with Gasteiger partial charge in [-0.3, -0.25) is 9.10 Å². The van der Waals surface area contributed by atoms with E-state index in [9.17, 15) is 13.2 Å². The molecule has 7 heteroatoms. The molecule has 0 fully saturated rings. The minimum atomic E-state index is -3.85. The Morgan fingerprint density at radius 3 is 2.29 bits per heavy atom. The maximum atomic E-state index is 13.1. The van der Waals surface area contributed by atoms with E-state index in [0.29, 0.717) is 16.9 Å². The van der Waals surface area contributed by atoms with Crippen LogP contribution >= 0.6 is 0 Å². The number of Topliss-reactive ketones (excluding diaryl/α,β-unsaturated/α-hetero) is 1. The molecule has 0 radical (unpaired) electrons. The third-order valence-corrected chi connectivity index (χ3v) is 6.81. The van der Waals surface area contributed by atoms with E-state index in [2.05, 4.69) is 4.85 Å². The SMILES string of the molecule is [C-]#[N+]c1ccc(CC(=O)c2cccc(S(=O)(=O)N(C)c3ccc([C@@H](C)N)cc3)c2)cc1. The van der Waals surface area contributed by atoms with E-state index >= 15 is 0 Å². The van der Waals surface area contributed by atoms with Gasteiger partial charge < -0.3 is 5.73 Å². The Bertz CT molecular complexity index is 1230. The number of ketones is 1. The number of hydrogen-bond donors (Lipinski definition) is 1. The second kappa shape index (κ2) is 9.13. The molecule has 0 aliphatic rings. The summed E-state index contributed by atoms with van der Waals surface area (Å²) >= 11 is 0. The summed E-state index contributed by atoms with van der Waals surface area (Å²) in [5.41, 5.74) is 8.84. The topological polar surface area (TPSA) is 84.8 Å². The number of benzene rings is 3. The summed E-state index contributed by atoms with van der Waals surface area (Å²) in [5.74, 6) is -0.198. The number of carbonyl (C=O) groups excluding carboxylic acids is 1. The van der Waals surface area contributed by atoms with Crippen LogP contribution < -0.4 is 10.0 Å². The van der Waals surface area contributed by atoms with Crippen LogP contribution in [0.4, 0.5) is 11.4 Å². The molecule has 0 bridgehead atoms. The number of nitrogens with two attached hydrogens (primary N) is 1. The lowest BCUT2D eigenvalue weighted by Gasteiger charge is -2.20. The summed E-state index contributed by atoms with van der Waals surface area (Å²) in [4.78, 5) is 16.1. The molecule has 6 nitrogen and oxygen atoms in total. The van der Waals surface area contributed by atoms with Crippen LogP contribution in [0, 0.1) is 6.57 Å². The van der Waals surface area contributed by atoms with Gasteiger partial charge in [-0.1, -0.05) is 48.5 Å². The number of carbonyl (C=O) groups is 1. The summed E-state index contributed by atoms with van der Waals surface area (Å²) in [6, 6.07) is 19.7. The number of anilines is 1. The summed E-state index contributed by atoms with van der Waals surface area (Å²) in [5, 5.41) is 0. The standard InChI is InChI=1S/C24H23N3O3S/c1-17(25)19-9-13-22(14-10-19)27(3)31(29,30)23-6-4-5-20(16-23)24(28)15-18-7-11-21(26-2)12-8-18/h4-14,16-17H,15,25H2,1,3H3/t17-/m1/s1. The summed E-state index contributed by atoms with van der Waals surface area (Å²) in [6.45, 7) is 8.85. The second-order valence-electron chi connectivity index (χ2n) is 7.26. The lowest BCUT2D eigenvalue weighted by Crippen LogP contribution is -2.26. The van der Waals surface area contributed by atoms with Crippen LogP contribution in [0.5, 0.6) is 0 Å². The fourth-order valence-electron chi connectivity index (χ4n) is 3.09. The Labute approximate surface area is 182 Å². The van der Waals surface area contributed by atoms with Crippen LogP contribution in [0.25, 0.3) is 4.85 Å². The van der Waals surface area contributed by atoms with Gasteiger partial charge in [-0.05, 0) is 42.3 Å². The van der Waals surface area contributed by atoms with Crippen molar-refractivity contribution in [3.63, 3.8) is 0 Å². The van der Waals surface area contributed by atoms with Crippen LogP contribution in [-0.4, -0.2) is 21.2 Å². The average Bonchev–Trinajstić information content (AvgIpc) is 2.79. The fourth-order valence-corrected chi connectivity index (χ4v) is 4.33. The minimum absolute atomic E-state index is 0.0421. The van der Waals surface area contributed by atoms with Gasteiger partial charge in [0.25, 0.3) is 10.0 Å². The molecule has 0 saturated carbocycles. The van der Waals surface area contributed by atoms with Crippen molar-refractivity contribution in [2.45, 2.75) is 24.3 Å². The van der Waals surface area contributed by atoms with Gasteiger partial charge in [0.2, 0.25) is 0 Å². The van der Waals surface area contributed by atoms with E-state index < -0.39 is 10.0 Å². The smallest absolute Gasteiger partial charge is 0.264 e. The number of nitrogens with zero attached hydrogens (tertiary/aromatic N) is 2. The summed E-state index contributed by atoms with van der Waals surface area (Å²) in [6.07, 6.45) is 0.121. The molecule has 0 amide bonds. The van der Waals surface area contributed by atoms with Crippen molar-refractivity contribution in [1.82, 2.24) is 0 Å². The van der Waals surface area contributed by atoms with Crippen LogP contribution in [0.3, 0.4) is 0 Å². The van der Waals surface area contributed by atoms with Crippen molar-refractivity contribution < 1.29 is 13.2 Å². The van der Waals surface area contributed by atoms with Crippen LogP contribution in [0.1, 0.15) is 34.5 Å². The molecule has 31 heavy (non-hydrogen) atoms. The van der Waals surface area contributed by atoms with Crippen molar-refractivity contribution >= 4 is 27.2 Å². The zero-order valence-electron chi connectivity index (χ0n) is 17.3. The highest BCUT2D eigenvalue weighted by Crippen LogP contribution is 2.24. The van der Waals surface area contributed by atoms with E-state index in [1.807, 2.05) is 6.92 Å². The first-order chi connectivity index (χ1) is 14.7. The molecule has 0 unspecified atom stereocenters. The normalized spacial score (nSPS) is 12.1. The van der Waals surface area contributed by atoms with Crippen LogP contribution in [0.15, 0.2) is 77.7 Å². The maximum absolute atomic E-state index is 13.1. The molecule has 0 aromatic heterocycles. The summed E-state index contributed by atoms with van der Waals surface area (Å²) < 4.78 is 27.4. The highest BCUT2D eigenvalue weighted by atomic mass is 32.2. The third-order valence-electron chi connectivity index (χ3n) is 5.03. The minimum Gasteiger partial charge on any atom is -0.324 e. The lowest BCUT2D eigenvalue weighted by molar-refractivity contribution is 0.0992. The highest BCUT2D eigenvalue weighted by molar-refractivity contribution is 7.92. The van der Waals surface area contributed by atoms with Crippen LogP contribution in [-0.2, 0) is 16.4 Å². The fraction of sp³-hybridized carbons (Fsp3) is 0.167. The molecule has 3 aromatic rings. The van der Waals surface area contributed by atoms with Gasteiger partial charge in [0.05, 0.1) is 17.2 Å². The zero-order valence-corrected chi connectivity index (χ0v) is 18.1. The first-order valence-corrected chi connectivity index (χ1v) is 11.1. The molecular weight excluding hydrogens is 410 g/mol. The van der Waals surface area contributed by atoms with E-state index in [0.717, 1.165) is 11.1 Å². The average molecular weight is 434 g/mol. The van der Waals surface area contributed by atoms with Gasteiger partial charge >= 0.3 is 0 Å². The predicted octanol–water partition coefficient (Wildman–Crippen LogP) is 4.51. The number of rotatable bonds is 7. The molecule has 0 spiro atoms. The van der Waals surface area contributed by atoms with E-state index in [1.165, 1.54) is 23.5 Å². The Morgan fingerprint density at radius 2 is 1.71 bits per heavy atom. The summed E-state index contributed by atoms with van der Waals surface area (Å²) in [7, 11) is -2.37. The molecular formula is C24H23N3O3S. The third kappa shape index (κ3) is 5.00. The van der Waals surface area contributed by atoms with Gasteiger partial charge in [-0.15, -0.1) is 0 Å². The lowest BCUT2D eigenvalue weighted by atomic mass is 10.0. The zero-order chi connectivity index (χ0) is 22.6. The molecule has 0 aliphatic carbocycles. The quantitative estimate of drug-likeness (QED) is 0.439. The van der Waals surface area contributed by atoms with Crippen molar-refractivity contribution in [2.24, 2.45) is 5.73 Å². The van der Waals surface area contributed by atoms with Crippen molar-refractivity contribution in [3.05, 3.63) is 101 Å². The molecule has 0 heterocycles. The van der Waals surface area contributed by atoms with Gasteiger partial charge in [-0.2, -0.15) is 0 Å². The molecule has 158 valence electrons. The van der Waals surface area contributed by atoms with E-state index in [1.54, 1.807) is 60.7 Å². The van der Waals surface area contributed by atoms with Gasteiger partial charge in [0.1, 0.15) is 0 Å². The first kappa shape index (κ1) is 22.2. The maximum Gasteiger partial charge on any atom is 0.264 e. The molecule has 3 rings (SSSR count). The molecule has 3 aromatic carbocycles. The Morgan fingerprint density at radius 1 is 1.06 bits per heavy atom. The molecule has 1 atom stereocenters. The molecule has 0 saturated heterocycles.